The fourth-order valence-corrected chi connectivity index (χ4v) is 1.54. The molecule has 0 saturated carbocycles. The maximum absolute atomic E-state index is 13.2. The van der Waals surface area contributed by atoms with Gasteiger partial charge in [-0.15, -0.1) is 0 Å². The number of fused-ring (bicyclic) bond motifs is 1. The van der Waals surface area contributed by atoms with Gasteiger partial charge in [0.25, 0.3) is 0 Å². The van der Waals surface area contributed by atoms with E-state index in [-0.39, 0.29) is 12.4 Å². The van der Waals surface area contributed by atoms with Gasteiger partial charge in [-0.1, -0.05) is 12.1 Å². The van der Waals surface area contributed by atoms with Crippen LogP contribution in [0, 0.1) is 5.82 Å². The maximum Gasteiger partial charge on any atom is 0.147 e. The Morgan fingerprint density at radius 1 is 1.50 bits per heavy atom. The summed E-state index contributed by atoms with van der Waals surface area (Å²) in [6, 6.07) is 4.73. The number of hydrogen-bond donors (Lipinski definition) is 3. The third-order valence-electron chi connectivity index (χ3n) is 2.28. The molecule has 0 aliphatic rings. The number of aliphatic hydroxyl groups is 1. The lowest BCUT2D eigenvalue weighted by Gasteiger charge is -2.05. The minimum atomic E-state index is -0.745. The van der Waals surface area contributed by atoms with Crippen LogP contribution in [0.15, 0.2) is 24.4 Å². The predicted molar refractivity (Wildman–Crippen MR) is 52.3 cm³/mol. The van der Waals surface area contributed by atoms with E-state index in [1.165, 1.54) is 6.07 Å². The van der Waals surface area contributed by atoms with Gasteiger partial charge in [0, 0.05) is 23.7 Å². The van der Waals surface area contributed by atoms with Gasteiger partial charge in [0.05, 0.1) is 11.6 Å². The van der Waals surface area contributed by atoms with E-state index in [9.17, 15) is 9.50 Å². The summed E-state index contributed by atoms with van der Waals surface area (Å²) in [5, 5.41) is 10.2. The lowest BCUT2D eigenvalue weighted by molar-refractivity contribution is 0.188. The predicted octanol–water partition coefficient (Wildman–Crippen LogP) is 1.30. The lowest BCUT2D eigenvalue weighted by Crippen LogP contribution is -2.10. The first-order valence-electron chi connectivity index (χ1n) is 4.37. The van der Waals surface area contributed by atoms with Crippen LogP contribution in [0.5, 0.6) is 0 Å². The Bertz CT molecular complexity index is 452. The minimum Gasteiger partial charge on any atom is -0.387 e. The largest absolute Gasteiger partial charge is 0.387 e. The number of para-hydroxylation sites is 1. The molecule has 1 heterocycles. The second kappa shape index (κ2) is 3.40. The van der Waals surface area contributed by atoms with Crippen molar-refractivity contribution in [1.29, 1.82) is 0 Å². The first-order valence-corrected chi connectivity index (χ1v) is 4.37. The first-order chi connectivity index (χ1) is 6.74. The summed E-state index contributed by atoms with van der Waals surface area (Å²) in [6.45, 7) is 0.128. The molecule has 0 radical (unpaired) electrons. The highest BCUT2D eigenvalue weighted by Gasteiger charge is 2.12. The van der Waals surface area contributed by atoms with Crippen LogP contribution in [-0.2, 0) is 0 Å². The number of aliphatic hydroxyl groups excluding tert-OH is 1. The van der Waals surface area contributed by atoms with Gasteiger partial charge in [0.1, 0.15) is 5.82 Å². The molecular formula is C10H11FN2O. The first kappa shape index (κ1) is 9.18. The topological polar surface area (TPSA) is 62.0 Å². The molecule has 0 fully saturated rings. The van der Waals surface area contributed by atoms with Crippen molar-refractivity contribution in [3.05, 3.63) is 35.8 Å². The second-order valence-electron chi connectivity index (χ2n) is 3.16. The molecule has 4 N–H and O–H groups in total. The Hall–Kier alpha value is -1.39. The Morgan fingerprint density at radius 3 is 3.00 bits per heavy atom. The van der Waals surface area contributed by atoms with Crippen LogP contribution in [0.1, 0.15) is 11.7 Å². The number of aromatic nitrogens is 1. The van der Waals surface area contributed by atoms with Crippen LogP contribution in [0.3, 0.4) is 0 Å². The van der Waals surface area contributed by atoms with Crippen LogP contribution in [0.4, 0.5) is 4.39 Å². The van der Waals surface area contributed by atoms with E-state index < -0.39 is 6.10 Å². The van der Waals surface area contributed by atoms with E-state index in [0.29, 0.717) is 16.5 Å². The maximum atomic E-state index is 13.2. The molecule has 14 heavy (non-hydrogen) atoms. The molecule has 0 spiro atoms. The summed E-state index contributed by atoms with van der Waals surface area (Å²) in [5.41, 5.74) is 6.39. The fourth-order valence-electron chi connectivity index (χ4n) is 1.54. The third-order valence-corrected chi connectivity index (χ3v) is 2.28. The van der Waals surface area contributed by atoms with Gasteiger partial charge < -0.3 is 15.8 Å². The Labute approximate surface area is 80.4 Å². The van der Waals surface area contributed by atoms with Crippen molar-refractivity contribution in [2.75, 3.05) is 6.54 Å². The average molecular weight is 194 g/mol. The van der Waals surface area contributed by atoms with Gasteiger partial charge >= 0.3 is 0 Å². The molecule has 0 bridgehead atoms. The van der Waals surface area contributed by atoms with Crippen molar-refractivity contribution < 1.29 is 9.50 Å². The van der Waals surface area contributed by atoms with Crippen LogP contribution in [0.2, 0.25) is 0 Å². The summed E-state index contributed by atoms with van der Waals surface area (Å²) in [7, 11) is 0. The standard InChI is InChI=1S/C10H11FN2O/c11-8-3-1-2-6-7(9(14)4-12)5-13-10(6)8/h1-3,5,9,13-14H,4,12H2. The van der Waals surface area contributed by atoms with E-state index in [1.54, 1.807) is 18.3 Å². The van der Waals surface area contributed by atoms with Gasteiger partial charge in [-0.05, 0) is 6.07 Å². The number of hydrogen-bond acceptors (Lipinski definition) is 2. The number of rotatable bonds is 2. The number of nitrogens with two attached hydrogens (primary N) is 1. The fraction of sp³-hybridized carbons (Fsp3) is 0.200. The molecule has 4 heteroatoms. The van der Waals surface area contributed by atoms with Crippen LogP contribution < -0.4 is 5.73 Å². The number of nitrogens with one attached hydrogen (secondary N) is 1. The van der Waals surface area contributed by atoms with E-state index in [4.69, 9.17) is 5.73 Å². The number of benzene rings is 1. The van der Waals surface area contributed by atoms with Crippen molar-refractivity contribution in [3.63, 3.8) is 0 Å². The zero-order valence-electron chi connectivity index (χ0n) is 7.50. The van der Waals surface area contributed by atoms with Crippen molar-refractivity contribution >= 4 is 10.9 Å². The van der Waals surface area contributed by atoms with Crippen molar-refractivity contribution in [2.24, 2.45) is 5.73 Å². The SMILES string of the molecule is NCC(O)c1c[nH]c2c(F)cccc12. The highest BCUT2D eigenvalue weighted by Crippen LogP contribution is 2.24. The van der Waals surface area contributed by atoms with Crippen LogP contribution >= 0.6 is 0 Å². The van der Waals surface area contributed by atoms with E-state index in [0.717, 1.165) is 0 Å². The monoisotopic (exact) mass is 194 g/mol. The Balaban J connectivity index is 2.63. The summed E-state index contributed by atoms with van der Waals surface area (Å²) >= 11 is 0. The van der Waals surface area contributed by atoms with E-state index >= 15 is 0 Å². The zero-order valence-corrected chi connectivity index (χ0v) is 7.50. The summed E-state index contributed by atoms with van der Waals surface area (Å²) < 4.78 is 13.2. The van der Waals surface area contributed by atoms with E-state index in [1.807, 2.05) is 0 Å². The molecular weight excluding hydrogens is 183 g/mol. The van der Waals surface area contributed by atoms with Gasteiger partial charge in [-0.2, -0.15) is 0 Å². The van der Waals surface area contributed by atoms with Gasteiger partial charge in [0.15, 0.2) is 0 Å². The smallest absolute Gasteiger partial charge is 0.147 e. The molecule has 0 aliphatic carbocycles. The second-order valence-corrected chi connectivity index (χ2v) is 3.16. The third kappa shape index (κ3) is 1.29. The van der Waals surface area contributed by atoms with Crippen LogP contribution in [-0.4, -0.2) is 16.6 Å². The normalized spacial score (nSPS) is 13.4. The number of aromatic amines is 1. The summed E-state index contributed by atoms with van der Waals surface area (Å²) in [5.74, 6) is -0.321. The van der Waals surface area contributed by atoms with Crippen molar-refractivity contribution in [2.45, 2.75) is 6.10 Å². The minimum absolute atomic E-state index is 0.128. The average Bonchev–Trinajstić information content (AvgIpc) is 2.62. The quantitative estimate of drug-likeness (QED) is 0.674. The van der Waals surface area contributed by atoms with Gasteiger partial charge in [0.2, 0.25) is 0 Å². The number of H-pyrrole nitrogens is 1. The molecule has 1 aromatic heterocycles. The molecule has 74 valence electrons. The number of halogens is 1. The molecule has 3 nitrogen and oxygen atoms in total. The Kier molecular flexibility index (Phi) is 2.23. The molecule has 2 rings (SSSR count). The molecule has 1 atom stereocenters. The van der Waals surface area contributed by atoms with E-state index in [2.05, 4.69) is 4.98 Å². The Morgan fingerprint density at radius 2 is 2.29 bits per heavy atom. The van der Waals surface area contributed by atoms with Gasteiger partial charge in [-0.3, -0.25) is 0 Å². The van der Waals surface area contributed by atoms with Gasteiger partial charge in [-0.25, -0.2) is 4.39 Å². The molecule has 0 amide bonds. The molecule has 0 aliphatic heterocycles. The zero-order chi connectivity index (χ0) is 10.1. The molecule has 1 aromatic carbocycles. The highest BCUT2D eigenvalue weighted by molar-refractivity contribution is 5.84. The summed E-state index contributed by atoms with van der Waals surface area (Å²) in [6.07, 6.45) is 0.844. The van der Waals surface area contributed by atoms with Crippen molar-refractivity contribution in [1.82, 2.24) is 4.98 Å². The molecule has 1 unspecified atom stereocenters. The lowest BCUT2D eigenvalue weighted by atomic mass is 10.1. The molecule has 0 saturated heterocycles. The highest BCUT2D eigenvalue weighted by atomic mass is 19.1. The summed E-state index contributed by atoms with van der Waals surface area (Å²) in [4.78, 5) is 2.78. The van der Waals surface area contributed by atoms with Crippen LogP contribution in [0.25, 0.3) is 10.9 Å². The van der Waals surface area contributed by atoms with Crippen molar-refractivity contribution in [3.8, 4) is 0 Å². The molecule has 2 aromatic rings.